The minimum Gasteiger partial charge on any atom is -0.397 e. The lowest BCUT2D eigenvalue weighted by Crippen LogP contribution is -2.24. The van der Waals surface area contributed by atoms with Gasteiger partial charge in [0.2, 0.25) is 0 Å². The number of hydrogen-bond donors (Lipinski definition) is 2. The molecular weight excluding hydrogens is 224 g/mol. The second-order valence-corrected chi connectivity index (χ2v) is 4.06. The minimum absolute atomic E-state index is 0.256. The van der Waals surface area contributed by atoms with E-state index in [9.17, 15) is 4.79 Å². The van der Waals surface area contributed by atoms with Gasteiger partial charge in [-0.2, -0.15) is 0 Å². The number of anilines is 1. The first kappa shape index (κ1) is 10.6. The van der Waals surface area contributed by atoms with Crippen LogP contribution in [0.4, 0.5) is 5.69 Å². The largest absolute Gasteiger partial charge is 0.397 e. The first-order valence-electron chi connectivity index (χ1n) is 4.63. The topological polar surface area (TPSA) is 80.9 Å². The third-order valence-electron chi connectivity index (χ3n) is 1.96. The van der Waals surface area contributed by atoms with Crippen molar-refractivity contribution in [1.29, 1.82) is 0 Å². The van der Waals surface area contributed by atoms with Crippen LogP contribution in [-0.4, -0.2) is 15.9 Å². The molecule has 2 aromatic heterocycles. The van der Waals surface area contributed by atoms with E-state index in [-0.39, 0.29) is 11.6 Å². The van der Waals surface area contributed by atoms with Crippen LogP contribution in [0.25, 0.3) is 0 Å². The number of carbonyl (C=O) groups is 1. The number of carbonyl (C=O) groups excluding carboxylic acids is 1. The Balaban J connectivity index is 2.01. The number of pyridine rings is 1. The first-order chi connectivity index (χ1) is 7.77. The van der Waals surface area contributed by atoms with E-state index in [1.807, 2.05) is 0 Å². The molecule has 0 bridgehead atoms. The molecule has 1 amide bonds. The average molecular weight is 234 g/mol. The Hall–Kier alpha value is -1.95. The van der Waals surface area contributed by atoms with Gasteiger partial charge in [-0.3, -0.25) is 9.78 Å². The molecule has 0 fully saturated rings. The molecule has 2 rings (SSSR count). The summed E-state index contributed by atoms with van der Waals surface area (Å²) in [6.07, 6.45) is 3.25. The smallest absolute Gasteiger partial charge is 0.272 e. The SMILES string of the molecule is Nc1cccnc1C(=O)NCc1cncs1. The van der Waals surface area contributed by atoms with E-state index < -0.39 is 0 Å². The van der Waals surface area contributed by atoms with Crippen LogP contribution in [0.3, 0.4) is 0 Å². The summed E-state index contributed by atoms with van der Waals surface area (Å²) >= 11 is 1.49. The number of thiazole rings is 1. The summed E-state index contributed by atoms with van der Waals surface area (Å²) in [7, 11) is 0. The predicted octanol–water partition coefficient (Wildman–Crippen LogP) is 1.05. The number of rotatable bonds is 3. The van der Waals surface area contributed by atoms with Crippen LogP contribution < -0.4 is 11.1 Å². The van der Waals surface area contributed by atoms with Gasteiger partial charge in [0.1, 0.15) is 0 Å². The fourth-order valence-corrected chi connectivity index (χ4v) is 1.72. The molecule has 0 aliphatic carbocycles. The van der Waals surface area contributed by atoms with Gasteiger partial charge >= 0.3 is 0 Å². The third-order valence-corrected chi connectivity index (χ3v) is 2.74. The van der Waals surface area contributed by atoms with Crippen molar-refractivity contribution in [3.8, 4) is 0 Å². The van der Waals surface area contributed by atoms with Crippen LogP contribution in [-0.2, 0) is 6.54 Å². The number of amides is 1. The normalized spacial score (nSPS) is 10.0. The molecule has 6 heteroatoms. The number of nitrogens with zero attached hydrogens (tertiary/aromatic N) is 2. The van der Waals surface area contributed by atoms with E-state index >= 15 is 0 Å². The summed E-state index contributed by atoms with van der Waals surface area (Å²) in [5.41, 5.74) is 7.99. The Kier molecular flexibility index (Phi) is 3.11. The van der Waals surface area contributed by atoms with Crippen molar-refractivity contribution in [2.45, 2.75) is 6.54 Å². The predicted molar refractivity (Wildman–Crippen MR) is 61.9 cm³/mol. The van der Waals surface area contributed by atoms with Crippen LogP contribution in [0.5, 0.6) is 0 Å². The lowest BCUT2D eigenvalue weighted by Gasteiger charge is -2.04. The van der Waals surface area contributed by atoms with E-state index in [2.05, 4.69) is 15.3 Å². The fourth-order valence-electron chi connectivity index (χ4n) is 1.19. The highest BCUT2D eigenvalue weighted by Gasteiger charge is 2.10. The molecule has 0 radical (unpaired) electrons. The summed E-state index contributed by atoms with van der Waals surface area (Å²) in [5.74, 6) is -0.272. The van der Waals surface area contributed by atoms with Crippen molar-refractivity contribution >= 4 is 22.9 Å². The zero-order valence-corrected chi connectivity index (χ0v) is 9.20. The maximum atomic E-state index is 11.7. The van der Waals surface area contributed by atoms with Gasteiger partial charge in [-0.15, -0.1) is 11.3 Å². The monoisotopic (exact) mass is 234 g/mol. The zero-order valence-electron chi connectivity index (χ0n) is 8.38. The molecule has 0 unspecified atom stereocenters. The number of nitrogen functional groups attached to an aromatic ring is 1. The van der Waals surface area contributed by atoms with Crippen molar-refractivity contribution in [2.24, 2.45) is 0 Å². The van der Waals surface area contributed by atoms with Gasteiger partial charge in [0.05, 0.1) is 17.7 Å². The van der Waals surface area contributed by atoms with Crippen LogP contribution >= 0.6 is 11.3 Å². The molecule has 16 heavy (non-hydrogen) atoms. The van der Waals surface area contributed by atoms with E-state index in [1.165, 1.54) is 17.5 Å². The summed E-state index contributed by atoms with van der Waals surface area (Å²) in [5, 5.41) is 2.73. The molecule has 82 valence electrons. The molecule has 0 saturated carbocycles. The summed E-state index contributed by atoms with van der Waals surface area (Å²) in [4.78, 5) is 20.5. The Bertz CT molecular complexity index is 483. The van der Waals surface area contributed by atoms with Gasteiger partial charge in [-0.05, 0) is 12.1 Å². The molecule has 0 aromatic carbocycles. The maximum Gasteiger partial charge on any atom is 0.272 e. The van der Waals surface area contributed by atoms with E-state index in [0.717, 1.165) is 4.88 Å². The number of hydrogen-bond acceptors (Lipinski definition) is 5. The van der Waals surface area contributed by atoms with Crippen LogP contribution in [0.2, 0.25) is 0 Å². The molecule has 0 saturated heterocycles. The molecule has 0 atom stereocenters. The van der Waals surface area contributed by atoms with Gasteiger partial charge in [0.15, 0.2) is 5.69 Å². The summed E-state index contributed by atoms with van der Waals surface area (Å²) in [6, 6.07) is 3.34. The van der Waals surface area contributed by atoms with Crippen molar-refractivity contribution in [3.63, 3.8) is 0 Å². The van der Waals surface area contributed by atoms with Gasteiger partial charge < -0.3 is 11.1 Å². The van der Waals surface area contributed by atoms with E-state index in [0.29, 0.717) is 12.2 Å². The van der Waals surface area contributed by atoms with Crippen LogP contribution in [0.1, 0.15) is 15.4 Å². The Morgan fingerprint density at radius 2 is 2.44 bits per heavy atom. The lowest BCUT2D eigenvalue weighted by molar-refractivity contribution is 0.0947. The Morgan fingerprint density at radius 3 is 3.12 bits per heavy atom. The highest BCUT2D eigenvalue weighted by molar-refractivity contribution is 7.09. The molecule has 0 spiro atoms. The van der Waals surface area contributed by atoms with Gasteiger partial charge in [-0.1, -0.05) is 0 Å². The minimum atomic E-state index is -0.272. The number of aromatic nitrogens is 2. The third kappa shape index (κ3) is 2.34. The average Bonchev–Trinajstić information content (AvgIpc) is 2.79. The maximum absolute atomic E-state index is 11.7. The standard InChI is InChI=1S/C10H10N4OS/c11-8-2-1-3-13-9(8)10(15)14-5-7-4-12-6-16-7/h1-4,6H,5,11H2,(H,14,15). The first-order valence-corrected chi connectivity index (χ1v) is 5.51. The van der Waals surface area contributed by atoms with E-state index in [1.54, 1.807) is 23.8 Å². The lowest BCUT2D eigenvalue weighted by atomic mass is 10.3. The molecule has 3 N–H and O–H groups in total. The Morgan fingerprint density at radius 1 is 1.56 bits per heavy atom. The second-order valence-electron chi connectivity index (χ2n) is 3.09. The highest BCUT2D eigenvalue weighted by atomic mass is 32.1. The molecule has 2 heterocycles. The van der Waals surface area contributed by atoms with Crippen molar-refractivity contribution in [1.82, 2.24) is 15.3 Å². The van der Waals surface area contributed by atoms with Crippen LogP contribution in [0.15, 0.2) is 30.0 Å². The molecule has 2 aromatic rings. The number of nitrogens with two attached hydrogens (primary N) is 1. The molecular formula is C10H10N4OS. The molecule has 0 aliphatic rings. The summed E-state index contributed by atoms with van der Waals surface area (Å²) < 4.78 is 0. The highest BCUT2D eigenvalue weighted by Crippen LogP contribution is 2.08. The van der Waals surface area contributed by atoms with Crippen molar-refractivity contribution in [2.75, 3.05) is 5.73 Å². The van der Waals surface area contributed by atoms with Crippen molar-refractivity contribution in [3.05, 3.63) is 40.6 Å². The zero-order chi connectivity index (χ0) is 11.4. The van der Waals surface area contributed by atoms with Gasteiger partial charge in [0.25, 0.3) is 5.91 Å². The quantitative estimate of drug-likeness (QED) is 0.831. The molecule has 0 aliphatic heterocycles. The fraction of sp³-hybridized carbons (Fsp3) is 0.100. The van der Waals surface area contributed by atoms with Gasteiger partial charge in [0, 0.05) is 17.3 Å². The van der Waals surface area contributed by atoms with Crippen molar-refractivity contribution < 1.29 is 4.79 Å². The number of nitrogens with one attached hydrogen (secondary N) is 1. The Labute approximate surface area is 96.3 Å². The van der Waals surface area contributed by atoms with E-state index in [4.69, 9.17) is 5.73 Å². The summed E-state index contributed by atoms with van der Waals surface area (Å²) in [6.45, 7) is 0.444. The van der Waals surface area contributed by atoms with Gasteiger partial charge in [-0.25, -0.2) is 4.98 Å². The molecule has 5 nitrogen and oxygen atoms in total. The second kappa shape index (κ2) is 4.71. The van der Waals surface area contributed by atoms with Crippen LogP contribution in [0, 0.1) is 0 Å².